The summed E-state index contributed by atoms with van der Waals surface area (Å²) in [5.41, 5.74) is -4.11. The van der Waals surface area contributed by atoms with Gasteiger partial charge in [0.05, 0.1) is 22.7 Å². The van der Waals surface area contributed by atoms with Crippen LogP contribution in [-0.2, 0) is 29.8 Å². The first-order chi connectivity index (χ1) is 16.0. The summed E-state index contributed by atoms with van der Waals surface area (Å²) in [5, 5.41) is 0. The Labute approximate surface area is 195 Å². The van der Waals surface area contributed by atoms with Crippen LogP contribution in [0.1, 0.15) is 60.3 Å². The molecule has 3 nitrogen and oxygen atoms in total. The first-order valence-corrected chi connectivity index (χ1v) is 10.4. The molecule has 1 fully saturated rings. The maximum atomic E-state index is 13.2. The Bertz CT molecular complexity index is 1030. The predicted octanol–water partition coefficient (Wildman–Crippen LogP) is 8.16. The molecular weight excluding hydrogens is 493 g/mol. The van der Waals surface area contributed by atoms with Crippen molar-refractivity contribution in [3.63, 3.8) is 0 Å². The molecule has 0 radical (unpaired) electrons. The third-order valence-electron chi connectivity index (χ3n) is 5.35. The molecule has 35 heavy (non-hydrogen) atoms. The lowest BCUT2D eigenvalue weighted by Gasteiger charge is -2.23. The summed E-state index contributed by atoms with van der Waals surface area (Å²) >= 11 is 0. The van der Waals surface area contributed by atoms with Gasteiger partial charge in [0.1, 0.15) is 6.10 Å². The van der Waals surface area contributed by atoms with Gasteiger partial charge in [0, 0.05) is 6.54 Å². The monoisotopic (exact) mass is 515 g/mol. The van der Waals surface area contributed by atoms with Crippen molar-refractivity contribution in [1.82, 2.24) is 4.90 Å². The fourth-order valence-corrected chi connectivity index (χ4v) is 3.50. The summed E-state index contributed by atoms with van der Waals surface area (Å²) < 4.78 is 123. The number of carbonyl (C=O) groups excluding carboxylic acids is 1. The first-order valence-electron chi connectivity index (χ1n) is 10.4. The van der Waals surface area contributed by atoms with Crippen LogP contribution in [0.4, 0.5) is 44.3 Å². The van der Waals surface area contributed by atoms with Crippen LogP contribution in [0.2, 0.25) is 0 Å². The number of halogens is 9. The maximum Gasteiger partial charge on any atom is 0.416 e. The fourth-order valence-electron chi connectivity index (χ4n) is 3.50. The number of cyclic esters (lactones) is 1. The minimum atomic E-state index is -5.09. The molecule has 3 rings (SSSR count). The van der Waals surface area contributed by atoms with Crippen LogP contribution < -0.4 is 0 Å². The van der Waals surface area contributed by atoms with Gasteiger partial charge < -0.3 is 4.74 Å². The highest BCUT2D eigenvalue weighted by molar-refractivity contribution is 5.71. The number of rotatable bonds is 3. The fraction of sp³-hybridized carbons (Fsp3) is 0.435. The number of hydrogen-bond acceptors (Lipinski definition) is 2. The number of nitrogens with zero attached hydrogens (tertiary/aromatic N) is 1. The van der Waals surface area contributed by atoms with Crippen molar-refractivity contribution >= 4 is 6.09 Å². The van der Waals surface area contributed by atoms with E-state index in [2.05, 4.69) is 0 Å². The Kier molecular flexibility index (Phi) is 8.08. The first kappa shape index (κ1) is 28.3. The van der Waals surface area contributed by atoms with Crippen LogP contribution in [0.25, 0.3) is 0 Å². The van der Waals surface area contributed by atoms with Gasteiger partial charge >= 0.3 is 24.6 Å². The molecule has 1 unspecified atom stereocenters. The normalized spacial score (nSPS) is 18.8. The number of alkyl halides is 9. The topological polar surface area (TPSA) is 29.5 Å². The van der Waals surface area contributed by atoms with Gasteiger partial charge in [-0.2, -0.15) is 39.5 Å². The van der Waals surface area contributed by atoms with Crippen LogP contribution in [-0.4, -0.2) is 17.0 Å². The van der Waals surface area contributed by atoms with E-state index >= 15 is 0 Å². The van der Waals surface area contributed by atoms with E-state index in [9.17, 15) is 44.3 Å². The van der Waals surface area contributed by atoms with Gasteiger partial charge in [0.2, 0.25) is 0 Å². The lowest BCUT2D eigenvalue weighted by molar-refractivity contribution is -0.143. The highest BCUT2D eigenvalue weighted by Gasteiger charge is 2.43. The molecule has 12 heteroatoms. The van der Waals surface area contributed by atoms with Crippen LogP contribution in [0.15, 0.2) is 36.4 Å². The number of carbonyl (C=O) groups is 1. The van der Waals surface area contributed by atoms with E-state index in [1.165, 1.54) is 19.9 Å². The number of ether oxygens (including phenoxy) is 1. The van der Waals surface area contributed by atoms with Gasteiger partial charge in [0.15, 0.2) is 0 Å². The SMILES string of the molecule is CC.Cc1ccc(C(F)(F)F)cc1CN1C(=O)O[C@H](c2cc(C(F)(F)F)cc(C(F)(F)F)c2)C1C. The molecule has 2 aromatic rings. The van der Waals surface area contributed by atoms with Gasteiger partial charge in [0.25, 0.3) is 0 Å². The molecule has 0 aliphatic carbocycles. The molecule has 194 valence electrons. The summed E-state index contributed by atoms with van der Waals surface area (Å²) in [5.74, 6) is 0. The van der Waals surface area contributed by atoms with Crippen molar-refractivity contribution < 1.29 is 49.0 Å². The molecular formula is C23H22F9NO2. The lowest BCUT2D eigenvalue weighted by atomic mass is 9.97. The molecule has 2 atom stereocenters. The zero-order valence-electron chi connectivity index (χ0n) is 19.0. The van der Waals surface area contributed by atoms with Gasteiger partial charge in [-0.25, -0.2) is 4.79 Å². The van der Waals surface area contributed by atoms with Gasteiger partial charge in [-0.15, -0.1) is 0 Å². The summed E-state index contributed by atoms with van der Waals surface area (Å²) in [6.07, 6.45) is -17.4. The Hall–Kier alpha value is -2.92. The van der Waals surface area contributed by atoms with Crippen LogP contribution in [0.3, 0.4) is 0 Å². The van der Waals surface area contributed by atoms with Gasteiger partial charge in [-0.05, 0) is 60.9 Å². The Morgan fingerprint density at radius 1 is 0.800 bits per heavy atom. The second-order valence-electron chi connectivity index (χ2n) is 7.65. The number of benzene rings is 2. The molecule has 0 aromatic heterocycles. The molecule has 1 amide bonds. The van der Waals surface area contributed by atoms with Gasteiger partial charge in [-0.1, -0.05) is 19.9 Å². The quantitative estimate of drug-likeness (QED) is 0.386. The zero-order valence-corrected chi connectivity index (χ0v) is 19.0. The molecule has 0 N–H and O–H groups in total. The van der Waals surface area contributed by atoms with E-state index in [4.69, 9.17) is 4.74 Å². The van der Waals surface area contributed by atoms with E-state index < -0.39 is 59.0 Å². The molecule has 0 bridgehead atoms. The minimum Gasteiger partial charge on any atom is -0.439 e. The average Bonchev–Trinajstić information content (AvgIpc) is 3.02. The molecule has 1 aliphatic rings. The highest BCUT2D eigenvalue weighted by atomic mass is 19.4. The van der Waals surface area contributed by atoms with E-state index in [0.29, 0.717) is 17.7 Å². The van der Waals surface area contributed by atoms with Crippen molar-refractivity contribution in [1.29, 1.82) is 0 Å². The average molecular weight is 515 g/mol. The largest absolute Gasteiger partial charge is 0.439 e. The smallest absolute Gasteiger partial charge is 0.416 e. The Morgan fingerprint density at radius 3 is 1.74 bits per heavy atom. The predicted molar refractivity (Wildman–Crippen MR) is 108 cm³/mol. The standard InChI is InChI=1S/C21H16F9NO2.C2H6/c1-10-3-4-14(19(22,23)24)7-13(10)9-31-11(2)17(33-18(31)32)12-5-15(20(25,26)27)8-16(6-12)21(28,29)30;1-2/h3-8,11,17H,9H2,1-2H3;1-2H3/t11?,17-;/m0./s1. The second-order valence-corrected chi connectivity index (χ2v) is 7.65. The van der Waals surface area contributed by atoms with Gasteiger partial charge in [-0.3, -0.25) is 4.90 Å². The summed E-state index contributed by atoms with van der Waals surface area (Å²) in [6, 6.07) is 2.70. The Balaban J connectivity index is 0.00000210. The minimum absolute atomic E-state index is 0.0469. The van der Waals surface area contributed by atoms with E-state index in [-0.39, 0.29) is 18.2 Å². The molecule has 1 saturated heterocycles. The second kappa shape index (κ2) is 9.98. The van der Waals surface area contributed by atoms with Crippen molar-refractivity contribution in [2.45, 2.75) is 64.9 Å². The summed E-state index contributed by atoms with van der Waals surface area (Å²) in [4.78, 5) is 13.3. The van der Waals surface area contributed by atoms with Crippen molar-refractivity contribution in [2.24, 2.45) is 0 Å². The zero-order chi connectivity index (χ0) is 26.9. The number of aryl methyl sites for hydroxylation is 1. The molecule has 2 aromatic carbocycles. The van der Waals surface area contributed by atoms with Crippen molar-refractivity contribution in [3.05, 3.63) is 69.8 Å². The van der Waals surface area contributed by atoms with E-state index in [1.807, 2.05) is 13.8 Å². The molecule has 1 aliphatic heterocycles. The van der Waals surface area contributed by atoms with Crippen LogP contribution in [0.5, 0.6) is 0 Å². The number of amides is 1. The summed E-state index contributed by atoms with van der Waals surface area (Å²) in [6.45, 7) is 6.45. The third-order valence-corrected chi connectivity index (χ3v) is 5.35. The lowest BCUT2D eigenvalue weighted by Crippen LogP contribution is -2.32. The Morgan fingerprint density at radius 2 is 1.29 bits per heavy atom. The highest BCUT2D eigenvalue weighted by Crippen LogP contribution is 2.41. The molecule has 0 saturated carbocycles. The molecule has 0 spiro atoms. The van der Waals surface area contributed by atoms with Crippen molar-refractivity contribution in [2.75, 3.05) is 0 Å². The van der Waals surface area contributed by atoms with Crippen molar-refractivity contribution in [3.8, 4) is 0 Å². The number of hydrogen-bond donors (Lipinski definition) is 0. The maximum absolute atomic E-state index is 13.2. The third kappa shape index (κ3) is 6.40. The van der Waals surface area contributed by atoms with E-state index in [1.54, 1.807) is 0 Å². The van der Waals surface area contributed by atoms with Crippen LogP contribution in [0, 0.1) is 6.92 Å². The van der Waals surface area contributed by atoms with E-state index in [0.717, 1.165) is 17.0 Å². The summed E-state index contributed by atoms with van der Waals surface area (Å²) in [7, 11) is 0. The molecule has 1 heterocycles. The van der Waals surface area contributed by atoms with Crippen LogP contribution >= 0.6 is 0 Å².